The van der Waals surface area contributed by atoms with Gasteiger partial charge in [0.1, 0.15) is 11.9 Å². The first-order valence-electron chi connectivity index (χ1n) is 15.3. The molecule has 2 saturated heterocycles. The van der Waals surface area contributed by atoms with Crippen LogP contribution in [0, 0.1) is 17.2 Å². The predicted octanol–water partition coefficient (Wildman–Crippen LogP) is 7.24. The molecule has 4 aromatic carbocycles. The Hall–Kier alpha value is -3.98. The van der Waals surface area contributed by atoms with Gasteiger partial charge in [0, 0.05) is 38.2 Å². The number of ether oxygens (including phenoxy) is 1. The third-order valence-electron chi connectivity index (χ3n) is 8.89. The molecule has 2 aliphatic heterocycles. The summed E-state index contributed by atoms with van der Waals surface area (Å²) in [4.78, 5) is 18.1. The Kier molecular flexibility index (Phi) is 8.94. The number of hydrogen-bond acceptors (Lipinski definition) is 5. The lowest BCUT2D eigenvalue weighted by Crippen LogP contribution is -2.37. The Morgan fingerprint density at radius 1 is 0.738 bits per heavy atom. The third kappa shape index (κ3) is 7.26. The molecule has 5 heteroatoms. The zero-order valence-corrected chi connectivity index (χ0v) is 24.3. The van der Waals surface area contributed by atoms with Gasteiger partial charge in [-0.05, 0) is 96.9 Å². The first kappa shape index (κ1) is 28.2. The van der Waals surface area contributed by atoms with E-state index >= 15 is 0 Å². The predicted molar refractivity (Wildman–Crippen MR) is 167 cm³/mol. The number of nitrogens with zero attached hydrogens (tertiary/aromatic N) is 3. The van der Waals surface area contributed by atoms with E-state index in [4.69, 9.17) is 10.00 Å². The molecule has 0 aromatic heterocycles. The molecule has 42 heavy (non-hydrogen) atoms. The lowest BCUT2D eigenvalue weighted by atomic mass is 9.89. The van der Waals surface area contributed by atoms with Crippen molar-refractivity contribution in [3.8, 4) is 11.8 Å². The molecule has 2 heterocycles. The van der Waals surface area contributed by atoms with E-state index in [1.54, 1.807) is 0 Å². The smallest absolute Gasteiger partial charge is 0.163 e. The highest BCUT2D eigenvalue weighted by Gasteiger charge is 2.23. The van der Waals surface area contributed by atoms with E-state index < -0.39 is 0 Å². The molecular formula is C37H39N3O2. The summed E-state index contributed by atoms with van der Waals surface area (Å²) < 4.78 is 6.38. The normalized spacial score (nSPS) is 17.2. The molecule has 2 fully saturated rings. The second-order valence-corrected chi connectivity index (χ2v) is 12.0. The molecule has 2 aliphatic rings. The molecule has 4 aromatic rings. The number of piperidine rings is 2. The Morgan fingerprint density at radius 3 is 2.05 bits per heavy atom. The van der Waals surface area contributed by atoms with E-state index in [-0.39, 0.29) is 11.9 Å². The van der Waals surface area contributed by atoms with E-state index in [2.05, 4.69) is 64.4 Å². The van der Waals surface area contributed by atoms with Crippen LogP contribution in [0.15, 0.2) is 91.0 Å². The molecular weight excluding hydrogens is 518 g/mol. The lowest BCUT2D eigenvalue weighted by molar-refractivity contribution is 0.0925. The number of rotatable bonds is 9. The van der Waals surface area contributed by atoms with Crippen LogP contribution in [0.5, 0.6) is 5.75 Å². The van der Waals surface area contributed by atoms with Gasteiger partial charge < -0.3 is 4.74 Å². The maximum absolute atomic E-state index is 13.2. The van der Waals surface area contributed by atoms with Gasteiger partial charge in [-0.25, -0.2) is 0 Å². The molecule has 0 bridgehead atoms. The van der Waals surface area contributed by atoms with Crippen molar-refractivity contribution in [2.75, 3.05) is 26.2 Å². The number of ketones is 1. The van der Waals surface area contributed by atoms with E-state index in [9.17, 15) is 4.79 Å². The Balaban J connectivity index is 0.972. The van der Waals surface area contributed by atoms with Crippen LogP contribution in [-0.4, -0.2) is 47.9 Å². The van der Waals surface area contributed by atoms with Gasteiger partial charge in [-0.3, -0.25) is 14.6 Å². The molecule has 5 nitrogen and oxygen atoms in total. The van der Waals surface area contributed by atoms with Crippen LogP contribution in [0.2, 0.25) is 0 Å². The van der Waals surface area contributed by atoms with Gasteiger partial charge in [-0.1, -0.05) is 60.7 Å². The highest BCUT2D eigenvalue weighted by atomic mass is 16.5. The number of likely N-dealkylation sites (tertiary alicyclic amines) is 2. The van der Waals surface area contributed by atoms with Crippen molar-refractivity contribution < 1.29 is 9.53 Å². The van der Waals surface area contributed by atoms with Gasteiger partial charge in [-0.2, -0.15) is 5.26 Å². The molecule has 0 atom stereocenters. The summed E-state index contributed by atoms with van der Waals surface area (Å²) in [6.07, 6.45) is 5.00. The third-order valence-corrected chi connectivity index (χ3v) is 8.89. The summed E-state index contributed by atoms with van der Waals surface area (Å²) in [6.45, 7) is 6.01. The van der Waals surface area contributed by atoms with Gasteiger partial charge in [0.2, 0.25) is 0 Å². The minimum absolute atomic E-state index is 0.208. The fourth-order valence-electron chi connectivity index (χ4n) is 6.36. The monoisotopic (exact) mass is 557 g/mol. The maximum Gasteiger partial charge on any atom is 0.163 e. The molecule has 214 valence electrons. The number of benzene rings is 4. The molecule has 0 saturated carbocycles. The highest BCUT2D eigenvalue weighted by Crippen LogP contribution is 2.28. The summed E-state index contributed by atoms with van der Waals surface area (Å²) in [7, 11) is 0. The molecule has 0 unspecified atom stereocenters. The average molecular weight is 558 g/mol. The molecule has 0 N–H and O–H groups in total. The number of nitriles is 1. The first-order chi connectivity index (χ1) is 20.6. The van der Waals surface area contributed by atoms with E-state index in [0.29, 0.717) is 17.9 Å². The van der Waals surface area contributed by atoms with Crippen molar-refractivity contribution in [3.63, 3.8) is 0 Å². The fourth-order valence-corrected chi connectivity index (χ4v) is 6.36. The number of fused-ring (bicyclic) bond motifs is 1. The summed E-state index contributed by atoms with van der Waals surface area (Å²) in [5.41, 5.74) is 4.12. The summed E-state index contributed by atoms with van der Waals surface area (Å²) in [5.74, 6) is 1.62. The molecule has 0 aliphatic carbocycles. The van der Waals surface area contributed by atoms with Crippen LogP contribution in [0.25, 0.3) is 10.8 Å². The largest absolute Gasteiger partial charge is 0.490 e. The first-order valence-corrected chi connectivity index (χ1v) is 15.3. The van der Waals surface area contributed by atoms with Crippen LogP contribution in [0.1, 0.15) is 59.2 Å². The minimum atomic E-state index is 0.208. The standard InChI is InChI=1S/C37H39N3O2/c38-25-29-6-8-31(9-7-29)27-40-20-16-35(17-21-40)42-36-13-12-32-23-34(11-10-33(32)24-36)37(41)22-28-14-18-39(19-15-28)26-30-4-2-1-3-5-30/h1-13,23-24,28,35H,14-22,26-27H2. The van der Waals surface area contributed by atoms with Crippen LogP contribution in [0.4, 0.5) is 0 Å². The van der Waals surface area contributed by atoms with Crippen molar-refractivity contribution in [2.24, 2.45) is 5.92 Å². The Bertz CT molecular complexity index is 1530. The summed E-state index contributed by atoms with van der Waals surface area (Å²) >= 11 is 0. The van der Waals surface area contributed by atoms with Gasteiger partial charge >= 0.3 is 0 Å². The van der Waals surface area contributed by atoms with E-state index in [1.165, 1.54) is 11.1 Å². The van der Waals surface area contributed by atoms with Gasteiger partial charge in [0.25, 0.3) is 0 Å². The second-order valence-electron chi connectivity index (χ2n) is 12.0. The quantitative estimate of drug-likeness (QED) is 0.203. The van der Waals surface area contributed by atoms with Gasteiger partial charge in [-0.15, -0.1) is 0 Å². The molecule has 0 spiro atoms. The van der Waals surface area contributed by atoms with Crippen molar-refractivity contribution in [1.29, 1.82) is 5.26 Å². The minimum Gasteiger partial charge on any atom is -0.490 e. The van der Waals surface area contributed by atoms with Crippen molar-refractivity contribution in [2.45, 2.75) is 51.3 Å². The van der Waals surface area contributed by atoms with Gasteiger partial charge in [0.05, 0.1) is 11.6 Å². The molecule has 0 radical (unpaired) electrons. The Labute approximate surface area is 249 Å². The SMILES string of the molecule is N#Cc1ccc(CN2CCC(Oc3ccc4cc(C(=O)CC5CCN(Cc6ccccc6)CC5)ccc4c3)CC2)cc1. The van der Waals surface area contributed by atoms with Gasteiger partial charge in [0.15, 0.2) is 5.78 Å². The summed E-state index contributed by atoms with van der Waals surface area (Å²) in [6, 6.07) is 33.0. The second kappa shape index (κ2) is 13.3. The number of hydrogen-bond donors (Lipinski definition) is 0. The van der Waals surface area contributed by atoms with E-state index in [0.717, 1.165) is 87.0 Å². The average Bonchev–Trinajstić information content (AvgIpc) is 3.03. The molecule has 0 amide bonds. The van der Waals surface area contributed by atoms with E-state index in [1.807, 2.05) is 42.5 Å². The number of carbonyl (C=O) groups is 1. The topological polar surface area (TPSA) is 56.6 Å². The van der Waals surface area contributed by atoms with Crippen molar-refractivity contribution in [3.05, 3.63) is 113 Å². The fraction of sp³-hybridized carbons (Fsp3) is 0.351. The van der Waals surface area contributed by atoms with Crippen LogP contribution < -0.4 is 4.74 Å². The number of carbonyl (C=O) groups excluding carboxylic acids is 1. The lowest BCUT2D eigenvalue weighted by Gasteiger charge is -2.32. The zero-order valence-electron chi connectivity index (χ0n) is 24.3. The maximum atomic E-state index is 13.2. The molecule has 6 rings (SSSR count). The highest BCUT2D eigenvalue weighted by molar-refractivity contribution is 6.00. The van der Waals surface area contributed by atoms with Crippen molar-refractivity contribution >= 4 is 16.6 Å². The Morgan fingerprint density at radius 2 is 1.36 bits per heavy atom. The van der Waals surface area contributed by atoms with Crippen LogP contribution >= 0.6 is 0 Å². The number of Topliss-reactive ketones (excluding diaryl/α,β-unsaturated/α-hetero) is 1. The zero-order chi connectivity index (χ0) is 28.7. The van der Waals surface area contributed by atoms with Crippen LogP contribution in [0.3, 0.4) is 0 Å². The van der Waals surface area contributed by atoms with Crippen LogP contribution in [-0.2, 0) is 13.1 Å². The van der Waals surface area contributed by atoms with Crippen molar-refractivity contribution in [1.82, 2.24) is 9.80 Å². The summed E-state index contributed by atoms with van der Waals surface area (Å²) in [5, 5.41) is 11.2.